The maximum Gasteiger partial charge on any atom is 0.313 e. The third-order valence-electron chi connectivity index (χ3n) is 5.06. The van der Waals surface area contributed by atoms with Gasteiger partial charge in [0, 0.05) is 27.5 Å². The number of hydrogen-bond acceptors (Lipinski definition) is 6. The van der Waals surface area contributed by atoms with Crippen molar-refractivity contribution in [2.75, 3.05) is 0 Å². The largest absolute Gasteiger partial charge is 0.481 e. The average Bonchev–Trinajstić information content (AvgIpc) is 2.83. The summed E-state index contributed by atoms with van der Waals surface area (Å²) < 4.78 is 20.8. The van der Waals surface area contributed by atoms with Crippen molar-refractivity contribution in [3.05, 3.63) is 107 Å². The molecule has 1 aromatic heterocycles. The lowest BCUT2D eigenvalue weighted by Crippen LogP contribution is -2.22. The molecule has 0 atom stereocenters. The number of halogens is 3. The highest BCUT2D eigenvalue weighted by atomic mass is 79.9. The van der Waals surface area contributed by atoms with Crippen LogP contribution in [0.1, 0.15) is 23.9 Å². The lowest BCUT2D eigenvalue weighted by Gasteiger charge is -2.11. The van der Waals surface area contributed by atoms with Crippen LogP contribution in [0.3, 0.4) is 0 Å². The zero-order valence-corrected chi connectivity index (χ0v) is 20.6. The Labute approximate surface area is 211 Å². The van der Waals surface area contributed by atoms with Gasteiger partial charge in [-0.05, 0) is 42.0 Å². The normalized spacial score (nSPS) is 11.3. The monoisotopic (exact) mass is 558 g/mol. The fourth-order valence-electron chi connectivity index (χ4n) is 3.39. The molecule has 0 spiro atoms. The van der Waals surface area contributed by atoms with Crippen molar-refractivity contribution < 1.29 is 14.1 Å². The van der Waals surface area contributed by atoms with Crippen LogP contribution in [0.5, 0.6) is 5.75 Å². The van der Waals surface area contributed by atoms with Crippen LogP contribution >= 0.6 is 27.5 Å². The van der Waals surface area contributed by atoms with E-state index in [4.69, 9.17) is 16.3 Å². The standard InChI is InChI=1S/C24H17BrClFN4O4/c1-2-22-29-20-8-5-16(25)10-19(20)24(32)30(22)28-12-15-9-17(26)11-21(31(33)34)23(15)35-13-14-3-6-18(27)7-4-14/h3-12H,2,13H2,1H3. The summed E-state index contributed by atoms with van der Waals surface area (Å²) >= 11 is 9.47. The van der Waals surface area contributed by atoms with Crippen molar-refractivity contribution in [2.45, 2.75) is 20.0 Å². The van der Waals surface area contributed by atoms with Crippen molar-refractivity contribution in [1.29, 1.82) is 0 Å². The molecule has 178 valence electrons. The molecule has 35 heavy (non-hydrogen) atoms. The average molecular weight is 560 g/mol. The fraction of sp³-hybridized carbons (Fsp3) is 0.125. The van der Waals surface area contributed by atoms with Crippen LogP contribution in [0.2, 0.25) is 5.02 Å². The lowest BCUT2D eigenvalue weighted by molar-refractivity contribution is -0.385. The molecule has 0 saturated heterocycles. The third kappa shape index (κ3) is 5.39. The Kier molecular flexibility index (Phi) is 7.23. The van der Waals surface area contributed by atoms with Gasteiger partial charge in [-0.25, -0.2) is 9.37 Å². The van der Waals surface area contributed by atoms with Crippen LogP contribution in [-0.4, -0.2) is 20.8 Å². The molecule has 0 saturated carbocycles. The van der Waals surface area contributed by atoms with Crippen LogP contribution in [0, 0.1) is 15.9 Å². The van der Waals surface area contributed by atoms with E-state index in [-0.39, 0.29) is 28.6 Å². The summed E-state index contributed by atoms with van der Waals surface area (Å²) in [4.78, 5) is 28.7. The molecule has 0 bridgehead atoms. The molecule has 4 rings (SSSR count). The highest BCUT2D eigenvalue weighted by Crippen LogP contribution is 2.34. The summed E-state index contributed by atoms with van der Waals surface area (Å²) in [7, 11) is 0. The molecular formula is C24H17BrClFN4O4. The third-order valence-corrected chi connectivity index (χ3v) is 5.77. The Bertz CT molecular complexity index is 1520. The Morgan fingerprint density at radius 3 is 2.66 bits per heavy atom. The molecule has 0 aliphatic carbocycles. The van der Waals surface area contributed by atoms with E-state index in [0.717, 1.165) is 10.7 Å². The molecule has 1 heterocycles. The number of benzene rings is 3. The minimum Gasteiger partial charge on any atom is -0.481 e. The minimum atomic E-state index is -0.623. The summed E-state index contributed by atoms with van der Waals surface area (Å²) in [5.74, 6) is -0.0892. The van der Waals surface area contributed by atoms with Crippen molar-refractivity contribution in [3.63, 3.8) is 0 Å². The van der Waals surface area contributed by atoms with Crippen molar-refractivity contribution >= 4 is 50.3 Å². The highest BCUT2D eigenvalue weighted by molar-refractivity contribution is 9.10. The van der Waals surface area contributed by atoms with Gasteiger partial charge in [-0.15, -0.1) is 0 Å². The van der Waals surface area contributed by atoms with E-state index in [0.29, 0.717) is 33.2 Å². The Balaban J connectivity index is 1.79. The molecule has 0 radical (unpaired) electrons. The minimum absolute atomic E-state index is 0.0602. The molecule has 0 aliphatic rings. The number of aromatic nitrogens is 2. The quantitative estimate of drug-likeness (QED) is 0.160. The molecule has 0 amide bonds. The second-order valence-electron chi connectivity index (χ2n) is 7.42. The zero-order chi connectivity index (χ0) is 25.1. The van der Waals surface area contributed by atoms with Crippen molar-refractivity contribution in [3.8, 4) is 5.75 Å². The van der Waals surface area contributed by atoms with Crippen molar-refractivity contribution in [1.82, 2.24) is 9.66 Å². The molecule has 8 nitrogen and oxygen atoms in total. The van der Waals surface area contributed by atoms with Gasteiger partial charge in [0.1, 0.15) is 18.2 Å². The summed E-state index contributed by atoms with van der Waals surface area (Å²) in [6.07, 6.45) is 1.69. The first-order chi connectivity index (χ1) is 16.8. The molecule has 0 unspecified atom stereocenters. The highest BCUT2D eigenvalue weighted by Gasteiger charge is 2.21. The van der Waals surface area contributed by atoms with Gasteiger partial charge in [0.05, 0.1) is 22.0 Å². The van der Waals surface area contributed by atoms with Gasteiger partial charge in [0.25, 0.3) is 5.56 Å². The SMILES string of the molecule is CCc1nc2ccc(Br)cc2c(=O)n1N=Cc1cc(Cl)cc([N+](=O)[O-])c1OCc1ccc(F)cc1. The second-order valence-corrected chi connectivity index (χ2v) is 8.77. The Hall–Kier alpha value is -3.63. The van der Waals surface area contributed by atoms with E-state index in [1.807, 2.05) is 6.92 Å². The maximum atomic E-state index is 13.2. The van der Waals surface area contributed by atoms with Gasteiger partial charge in [0.15, 0.2) is 0 Å². The van der Waals surface area contributed by atoms with Crippen LogP contribution in [0.4, 0.5) is 10.1 Å². The number of rotatable bonds is 7. The first-order valence-corrected chi connectivity index (χ1v) is 11.5. The molecule has 11 heteroatoms. The van der Waals surface area contributed by atoms with Gasteiger partial charge in [-0.1, -0.05) is 46.6 Å². The predicted molar refractivity (Wildman–Crippen MR) is 135 cm³/mol. The number of ether oxygens (including phenoxy) is 1. The first kappa shape index (κ1) is 24.5. The molecule has 4 aromatic rings. The summed E-state index contributed by atoms with van der Waals surface area (Å²) in [5, 5.41) is 16.4. The summed E-state index contributed by atoms with van der Waals surface area (Å²) in [6, 6.07) is 13.3. The predicted octanol–water partition coefficient (Wildman–Crippen LogP) is 5.88. The van der Waals surface area contributed by atoms with E-state index in [1.54, 1.807) is 18.2 Å². The number of hydrogen-bond donors (Lipinski definition) is 0. The topological polar surface area (TPSA) is 99.6 Å². The van der Waals surface area contributed by atoms with Gasteiger partial charge in [0.2, 0.25) is 5.75 Å². The van der Waals surface area contributed by atoms with E-state index >= 15 is 0 Å². The Morgan fingerprint density at radius 2 is 1.97 bits per heavy atom. The van der Waals surface area contributed by atoms with Crippen LogP contribution in [0.25, 0.3) is 10.9 Å². The van der Waals surface area contributed by atoms with E-state index in [9.17, 15) is 19.3 Å². The number of nitro benzene ring substituents is 1. The summed E-state index contributed by atoms with van der Waals surface area (Å²) in [6.45, 7) is 1.77. The maximum absolute atomic E-state index is 13.2. The fourth-order valence-corrected chi connectivity index (χ4v) is 3.97. The van der Waals surface area contributed by atoms with Gasteiger partial charge >= 0.3 is 5.69 Å². The molecule has 3 aromatic carbocycles. The molecular weight excluding hydrogens is 543 g/mol. The van der Waals surface area contributed by atoms with E-state index in [1.165, 1.54) is 36.5 Å². The van der Waals surface area contributed by atoms with Crippen LogP contribution in [-0.2, 0) is 13.0 Å². The number of nitro groups is 1. The summed E-state index contributed by atoms with van der Waals surface area (Å²) in [5.41, 5.74) is 0.560. The molecule has 0 aliphatic heterocycles. The number of fused-ring (bicyclic) bond motifs is 1. The Morgan fingerprint density at radius 1 is 1.23 bits per heavy atom. The number of aryl methyl sites for hydroxylation is 1. The molecule has 0 N–H and O–H groups in total. The van der Waals surface area contributed by atoms with Gasteiger partial charge in [-0.2, -0.15) is 9.78 Å². The van der Waals surface area contributed by atoms with Crippen molar-refractivity contribution in [2.24, 2.45) is 5.10 Å². The number of nitrogens with zero attached hydrogens (tertiary/aromatic N) is 4. The van der Waals surface area contributed by atoms with Crippen LogP contribution < -0.4 is 10.3 Å². The smallest absolute Gasteiger partial charge is 0.313 e. The lowest BCUT2D eigenvalue weighted by atomic mass is 10.2. The zero-order valence-electron chi connectivity index (χ0n) is 18.2. The van der Waals surface area contributed by atoms with Gasteiger partial charge in [-0.3, -0.25) is 14.9 Å². The molecule has 0 fully saturated rings. The van der Waals surface area contributed by atoms with E-state index in [2.05, 4.69) is 26.0 Å². The second kappa shape index (κ2) is 10.3. The first-order valence-electron chi connectivity index (χ1n) is 10.4. The van der Waals surface area contributed by atoms with E-state index < -0.39 is 16.3 Å². The van der Waals surface area contributed by atoms with Gasteiger partial charge < -0.3 is 4.74 Å². The van der Waals surface area contributed by atoms with Crippen LogP contribution in [0.15, 0.2) is 69.0 Å².